The van der Waals surface area contributed by atoms with Crippen molar-refractivity contribution in [2.75, 3.05) is 6.61 Å². The first kappa shape index (κ1) is 19.1. The van der Waals surface area contributed by atoms with Crippen molar-refractivity contribution in [2.24, 2.45) is 5.10 Å². The van der Waals surface area contributed by atoms with Gasteiger partial charge in [-0.3, -0.25) is 4.79 Å². The van der Waals surface area contributed by atoms with Gasteiger partial charge in [-0.1, -0.05) is 60.7 Å². The molecule has 0 aliphatic carbocycles. The Hall–Kier alpha value is -4.19. The molecule has 4 aromatic rings. The summed E-state index contributed by atoms with van der Waals surface area (Å²) in [5, 5.41) is 5.09. The Morgan fingerprint density at radius 2 is 1.50 bits per heavy atom. The Labute approximate surface area is 172 Å². The molecule has 0 fully saturated rings. The van der Waals surface area contributed by atoms with E-state index >= 15 is 0 Å². The Morgan fingerprint density at radius 3 is 2.17 bits per heavy atom. The highest BCUT2D eigenvalue weighted by Gasteiger charge is 2.09. The van der Waals surface area contributed by atoms with Crippen molar-refractivity contribution >= 4 is 22.6 Å². The van der Waals surface area contributed by atoms with Crippen LogP contribution in [0.3, 0.4) is 0 Å². The molecule has 0 aliphatic rings. The van der Waals surface area contributed by atoms with Crippen LogP contribution in [-0.2, 0) is 4.79 Å². The number of carbonyl (C=O) groups is 1. The minimum atomic E-state index is -0.443. The van der Waals surface area contributed by atoms with Crippen molar-refractivity contribution < 1.29 is 13.9 Å². The lowest BCUT2D eigenvalue weighted by Crippen LogP contribution is -2.26. The number of nitrogens with zero attached hydrogens (tertiary/aromatic N) is 1. The van der Waals surface area contributed by atoms with Gasteiger partial charge in [-0.25, -0.2) is 10.2 Å². The molecule has 6 nitrogen and oxygen atoms in total. The van der Waals surface area contributed by atoms with Gasteiger partial charge in [0.15, 0.2) is 6.61 Å². The maximum absolute atomic E-state index is 12.3. The molecule has 6 heteroatoms. The van der Waals surface area contributed by atoms with Crippen LogP contribution < -0.4 is 15.8 Å². The fourth-order valence-electron chi connectivity index (χ4n) is 2.92. The highest BCUT2D eigenvalue weighted by Crippen LogP contribution is 2.19. The average molecular weight is 398 g/mol. The lowest BCUT2D eigenvalue weighted by molar-refractivity contribution is -0.123. The molecule has 0 bridgehead atoms. The summed E-state index contributed by atoms with van der Waals surface area (Å²) in [5.41, 5.74) is 4.92. The molecule has 1 N–H and O–H groups in total. The van der Waals surface area contributed by atoms with Gasteiger partial charge in [0, 0.05) is 28.6 Å². The summed E-state index contributed by atoms with van der Waals surface area (Å²) in [4.78, 5) is 23.6. The van der Waals surface area contributed by atoms with Crippen LogP contribution in [0.25, 0.3) is 11.0 Å². The monoisotopic (exact) mass is 398 g/mol. The van der Waals surface area contributed by atoms with E-state index in [1.165, 1.54) is 6.07 Å². The molecular formula is C24H18N2O4. The van der Waals surface area contributed by atoms with Gasteiger partial charge in [-0.05, 0) is 18.2 Å². The van der Waals surface area contributed by atoms with Crippen molar-refractivity contribution in [3.8, 4) is 5.75 Å². The van der Waals surface area contributed by atoms with Crippen molar-refractivity contribution in [3.63, 3.8) is 0 Å². The summed E-state index contributed by atoms with van der Waals surface area (Å²) in [6, 6.07) is 27.3. The number of nitrogens with one attached hydrogen (secondary N) is 1. The van der Waals surface area contributed by atoms with E-state index in [1.807, 2.05) is 60.7 Å². The predicted molar refractivity (Wildman–Crippen MR) is 115 cm³/mol. The molecule has 30 heavy (non-hydrogen) atoms. The molecule has 0 saturated carbocycles. The quantitative estimate of drug-likeness (QED) is 0.305. The number of carbonyl (C=O) groups excluding carboxylic acids is 1. The molecule has 1 aromatic heterocycles. The molecule has 1 amide bonds. The van der Waals surface area contributed by atoms with Gasteiger partial charge in [0.1, 0.15) is 11.3 Å². The van der Waals surface area contributed by atoms with Crippen LogP contribution in [0.15, 0.2) is 105 Å². The summed E-state index contributed by atoms with van der Waals surface area (Å²) in [6.07, 6.45) is 0. The summed E-state index contributed by atoms with van der Waals surface area (Å²) >= 11 is 0. The fourth-order valence-corrected chi connectivity index (χ4v) is 2.92. The lowest BCUT2D eigenvalue weighted by atomic mass is 10.0. The standard InChI is InChI=1S/C24H18N2O4/c27-22(16-29-20-13-11-17-12-14-23(28)30-21(17)15-20)25-26-24(18-7-3-1-4-8-18)19-9-5-2-6-10-19/h1-15H,16H2,(H,25,27). The molecule has 0 unspecified atom stereocenters. The third-order valence-electron chi connectivity index (χ3n) is 4.35. The number of hydrogen-bond donors (Lipinski definition) is 1. The first-order chi connectivity index (χ1) is 14.7. The third kappa shape index (κ3) is 4.62. The summed E-state index contributed by atoms with van der Waals surface area (Å²) in [5.74, 6) is 0.0105. The number of amides is 1. The Balaban J connectivity index is 1.47. The molecule has 0 radical (unpaired) electrons. The Kier molecular flexibility index (Phi) is 5.66. The molecule has 4 rings (SSSR count). The predicted octanol–water partition coefficient (Wildman–Crippen LogP) is 3.74. The van der Waals surface area contributed by atoms with Gasteiger partial charge in [0.2, 0.25) is 0 Å². The van der Waals surface area contributed by atoms with Crippen LogP contribution in [0.5, 0.6) is 5.75 Å². The second-order valence-electron chi connectivity index (χ2n) is 6.47. The second-order valence-corrected chi connectivity index (χ2v) is 6.47. The first-order valence-corrected chi connectivity index (χ1v) is 9.33. The number of fused-ring (bicyclic) bond motifs is 1. The number of rotatable bonds is 6. The third-order valence-corrected chi connectivity index (χ3v) is 4.35. The first-order valence-electron chi connectivity index (χ1n) is 9.33. The number of hydrazone groups is 1. The highest BCUT2D eigenvalue weighted by molar-refractivity contribution is 6.13. The maximum Gasteiger partial charge on any atom is 0.336 e. The van der Waals surface area contributed by atoms with E-state index in [4.69, 9.17) is 9.15 Å². The van der Waals surface area contributed by atoms with E-state index in [0.29, 0.717) is 17.0 Å². The van der Waals surface area contributed by atoms with Gasteiger partial charge < -0.3 is 9.15 Å². The minimum Gasteiger partial charge on any atom is -0.484 e. The zero-order valence-electron chi connectivity index (χ0n) is 15.9. The van der Waals surface area contributed by atoms with E-state index in [2.05, 4.69) is 10.5 Å². The van der Waals surface area contributed by atoms with Crippen LogP contribution >= 0.6 is 0 Å². The number of ether oxygens (including phenoxy) is 1. The maximum atomic E-state index is 12.3. The number of benzene rings is 3. The SMILES string of the molecule is O=C(COc1ccc2ccc(=O)oc2c1)NN=C(c1ccccc1)c1ccccc1. The van der Waals surface area contributed by atoms with E-state index in [0.717, 1.165) is 16.5 Å². The number of hydrogen-bond acceptors (Lipinski definition) is 5. The van der Waals surface area contributed by atoms with Crippen molar-refractivity contribution in [1.82, 2.24) is 5.43 Å². The van der Waals surface area contributed by atoms with E-state index in [9.17, 15) is 9.59 Å². The molecule has 0 spiro atoms. The molecule has 1 heterocycles. The van der Waals surface area contributed by atoms with Crippen molar-refractivity contribution in [2.45, 2.75) is 0 Å². The minimum absolute atomic E-state index is 0.233. The zero-order chi connectivity index (χ0) is 20.8. The largest absolute Gasteiger partial charge is 0.484 e. The Morgan fingerprint density at radius 1 is 0.867 bits per heavy atom. The average Bonchev–Trinajstić information content (AvgIpc) is 2.79. The van der Waals surface area contributed by atoms with Crippen molar-refractivity contribution in [1.29, 1.82) is 0 Å². The molecule has 0 aliphatic heterocycles. The van der Waals surface area contributed by atoms with E-state index in [1.54, 1.807) is 24.3 Å². The lowest BCUT2D eigenvalue weighted by Gasteiger charge is -2.09. The molecule has 148 valence electrons. The van der Waals surface area contributed by atoms with Gasteiger partial charge >= 0.3 is 5.63 Å². The van der Waals surface area contributed by atoms with Gasteiger partial charge in [-0.15, -0.1) is 0 Å². The normalized spacial score (nSPS) is 10.4. The van der Waals surface area contributed by atoms with Gasteiger partial charge in [-0.2, -0.15) is 5.10 Å². The van der Waals surface area contributed by atoms with Crippen LogP contribution in [0, 0.1) is 0 Å². The summed E-state index contributed by atoms with van der Waals surface area (Å²) < 4.78 is 10.6. The highest BCUT2D eigenvalue weighted by atomic mass is 16.5. The zero-order valence-corrected chi connectivity index (χ0v) is 15.9. The summed E-state index contributed by atoms with van der Waals surface area (Å²) in [7, 11) is 0. The smallest absolute Gasteiger partial charge is 0.336 e. The Bertz CT molecular complexity index is 1210. The topological polar surface area (TPSA) is 80.9 Å². The van der Waals surface area contributed by atoms with Crippen LogP contribution in [0.1, 0.15) is 11.1 Å². The summed E-state index contributed by atoms with van der Waals surface area (Å²) in [6.45, 7) is -0.233. The van der Waals surface area contributed by atoms with Crippen molar-refractivity contribution in [3.05, 3.63) is 113 Å². The van der Waals surface area contributed by atoms with Crippen LogP contribution in [0.4, 0.5) is 0 Å². The van der Waals surface area contributed by atoms with Gasteiger partial charge in [0.25, 0.3) is 5.91 Å². The van der Waals surface area contributed by atoms with Crippen LogP contribution in [-0.4, -0.2) is 18.2 Å². The second kappa shape index (κ2) is 8.87. The van der Waals surface area contributed by atoms with E-state index in [-0.39, 0.29) is 6.61 Å². The van der Waals surface area contributed by atoms with E-state index < -0.39 is 11.5 Å². The van der Waals surface area contributed by atoms with Crippen LogP contribution in [0.2, 0.25) is 0 Å². The molecular weight excluding hydrogens is 380 g/mol. The van der Waals surface area contributed by atoms with Gasteiger partial charge in [0.05, 0.1) is 5.71 Å². The fraction of sp³-hybridized carbons (Fsp3) is 0.0417. The molecule has 3 aromatic carbocycles. The molecule has 0 saturated heterocycles. The molecule has 0 atom stereocenters.